The van der Waals surface area contributed by atoms with Gasteiger partial charge in [0.1, 0.15) is 0 Å². The Hall–Kier alpha value is -1.51. The van der Waals surface area contributed by atoms with Gasteiger partial charge in [-0.2, -0.15) is 13.2 Å². The van der Waals surface area contributed by atoms with Gasteiger partial charge < -0.3 is 20.1 Å². The van der Waals surface area contributed by atoms with E-state index in [4.69, 9.17) is 9.84 Å². The fourth-order valence-corrected chi connectivity index (χ4v) is 3.55. The van der Waals surface area contributed by atoms with Crippen molar-refractivity contribution in [1.29, 1.82) is 0 Å². The Morgan fingerprint density at radius 3 is 2.33 bits per heavy atom. The van der Waals surface area contributed by atoms with Crippen molar-refractivity contribution < 1.29 is 32.6 Å². The highest BCUT2D eigenvalue weighted by molar-refractivity contribution is 5.77. The van der Waals surface area contributed by atoms with E-state index in [-0.39, 0.29) is 6.54 Å². The summed E-state index contributed by atoms with van der Waals surface area (Å²) in [5.41, 5.74) is -0.483. The number of urea groups is 1. The molecule has 0 aromatic heterocycles. The molecule has 2 aliphatic rings. The zero-order valence-corrected chi connectivity index (χ0v) is 13.6. The highest BCUT2D eigenvalue weighted by Gasteiger charge is 2.53. The molecule has 2 rings (SSSR count). The van der Waals surface area contributed by atoms with Crippen LogP contribution in [0.1, 0.15) is 32.1 Å². The van der Waals surface area contributed by atoms with E-state index in [1.165, 1.54) is 0 Å². The summed E-state index contributed by atoms with van der Waals surface area (Å²) in [6, 6.07) is -0.671. The first-order valence-electron chi connectivity index (χ1n) is 8.06. The van der Waals surface area contributed by atoms with Crippen molar-refractivity contribution in [3.8, 4) is 0 Å². The Labute approximate surface area is 138 Å². The minimum atomic E-state index is -4.64. The molecule has 1 aliphatic heterocycles. The van der Waals surface area contributed by atoms with Gasteiger partial charge in [-0.25, -0.2) is 4.79 Å². The maximum atomic E-state index is 13.0. The molecule has 0 aromatic rings. The fraction of sp³-hybridized carbons (Fsp3) is 0.867. The Balaban J connectivity index is 1.96. The molecule has 9 heteroatoms. The second-order valence-corrected chi connectivity index (χ2v) is 6.60. The SMILES string of the molecule is COC1(CNC(=O)N2C[C@@H](C(F)(F)F)[C@H](C(=O)O)C2)CCCCC1. The molecule has 1 aliphatic carbocycles. The molecular formula is C15H23F3N2O4. The monoisotopic (exact) mass is 352 g/mol. The van der Waals surface area contributed by atoms with Gasteiger partial charge in [-0.05, 0) is 12.8 Å². The van der Waals surface area contributed by atoms with Crippen molar-refractivity contribution in [3.63, 3.8) is 0 Å². The van der Waals surface area contributed by atoms with Crippen molar-refractivity contribution in [2.45, 2.75) is 43.9 Å². The number of carbonyl (C=O) groups excluding carboxylic acids is 1. The van der Waals surface area contributed by atoms with Crippen molar-refractivity contribution >= 4 is 12.0 Å². The van der Waals surface area contributed by atoms with Crippen LogP contribution >= 0.6 is 0 Å². The third-order valence-corrected chi connectivity index (χ3v) is 5.10. The van der Waals surface area contributed by atoms with Gasteiger partial charge in [-0.15, -0.1) is 0 Å². The van der Waals surface area contributed by atoms with Crippen LogP contribution in [-0.2, 0) is 9.53 Å². The van der Waals surface area contributed by atoms with Gasteiger partial charge in [-0.1, -0.05) is 19.3 Å². The third kappa shape index (κ3) is 4.12. The largest absolute Gasteiger partial charge is 0.481 e. The summed E-state index contributed by atoms with van der Waals surface area (Å²) in [6.45, 7) is -0.856. The first-order chi connectivity index (χ1) is 11.2. The molecule has 2 fully saturated rings. The molecule has 6 nitrogen and oxygen atoms in total. The minimum Gasteiger partial charge on any atom is -0.481 e. The van der Waals surface area contributed by atoms with E-state index in [0.717, 1.165) is 37.0 Å². The third-order valence-electron chi connectivity index (χ3n) is 5.10. The molecule has 138 valence electrons. The zero-order valence-electron chi connectivity index (χ0n) is 13.6. The average Bonchev–Trinajstić information content (AvgIpc) is 2.99. The predicted molar refractivity (Wildman–Crippen MR) is 78.5 cm³/mol. The molecule has 2 atom stereocenters. The number of carboxylic acids is 1. The molecule has 1 heterocycles. The van der Waals surface area contributed by atoms with Crippen molar-refractivity contribution in [2.24, 2.45) is 11.8 Å². The van der Waals surface area contributed by atoms with E-state index in [9.17, 15) is 22.8 Å². The van der Waals surface area contributed by atoms with E-state index in [0.29, 0.717) is 0 Å². The van der Waals surface area contributed by atoms with Crippen LogP contribution in [0.5, 0.6) is 0 Å². The van der Waals surface area contributed by atoms with Crippen LogP contribution in [0, 0.1) is 11.8 Å². The highest BCUT2D eigenvalue weighted by Crippen LogP contribution is 2.38. The summed E-state index contributed by atoms with van der Waals surface area (Å²) < 4.78 is 44.4. The molecule has 0 spiro atoms. The molecule has 2 amide bonds. The number of halogens is 3. The van der Waals surface area contributed by atoms with Crippen LogP contribution in [0.2, 0.25) is 0 Å². The molecule has 0 aromatic carbocycles. The lowest BCUT2D eigenvalue weighted by Gasteiger charge is -2.36. The molecule has 0 bridgehead atoms. The number of aliphatic carboxylic acids is 1. The summed E-state index contributed by atoms with van der Waals surface area (Å²) in [5, 5.41) is 11.6. The van der Waals surface area contributed by atoms with E-state index in [1.54, 1.807) is 7.11 Å². The molecule has 1 saturated heterocycles. The number of carbonyl (C=O) groups is 2. The molecular weight excluding hydrogens is 329 g/mol. The first-order valence-corrected chi connectivity index (χ1v) is 8.06. The number of amides is 2. The first kappa shape index (κ1) is 18.8. The Bertz CT molecular complexity index is 478. The normalized spacial score (nSPS) is 27.1. The Kier molecular flexibility index (Phi) is 5.62. The van der Waals surface area contributed by atoms with Crippen LogP contribution < -0.4 is 5.32 Å². The average molecular weight is 352 g/mol. The van der Waals surface area contributed by atoms with Crippen LogP contribution in [0.25, 0.3) is 0 Å². The minimum absolute atomic E-state index is 0.216. The summed E-state index contributed by atoms with van der Waals surface area (Å²) in [4.78, 5) is 24.2. The standard InChI is InChI=1S/C15H23F3N2O4/c1-24-14(5-3-2-4-6-14)9-19-13(23)20-7-10(12(21)22)11(8-20)15(16,17)18/h10-11H,2-9H2,1H3,(H,19,23)(H,21,22)/t10-,11-/m1/s1. The van der Waals surface area contributed by atoms with Gasteiger partial charge in [-0.3, -0.25) is 4.79 Å². The van der Waals surface area contributed by atoms with Crippen LogP contribution in [-0.4, -0.2) is 60.5 Å². The summed E-state index contributed by atoms with van der Waals surface area (Å²) in [7, 11) is 1.56. The van der Waals surface area contributed by atoms with Crippen molar-refractivity contribution in [3.05, 3.63) is 0 Å². The quantitative estimate of drug-likeness (QED) is 0.813. The van der Waals surface area contributed by atoms with E-state index in [2.05, 4.69) is 5.32 Å². The Morgan fingerprint density at radius 1 is 1.25 bits per heavy atom. The number of alkyl halides is 3. The van der Waals surface area contributed by atoms with Crippen molar-refractivity contribution in [1.82, 2.24) is 10.2 Å². The van der Waals surface area contributed by atoms with E-state index < -0.39 is 48.7 Å². The maximum absolute atomic E-state index is 13.0. The number of hydrogen-bond donors (Lipinski definition) is 2. The number of nitrogens with zero attached hydrogens (tertiary/aromatic N) is 1. The van der Waals surface area contributed by atoms with Gasteiger partial charge in [0, 0.05) is 26.7 Å². The summed E-state index contributed by atoms with van der Waals surface area (Å²) >= 11 is 0. The predicted octanol–water partition coefficient (Wildman–Crippen LogP) is 2.24. The number of rotatable bonds is 4. The van der Waals surface area contributed by atoms with Crippen LogP contribution in [0.3, 0.4) is 0 Å². The Morgan fingerprint density at radius 2 is 1.88 bits per heavy atom. The van der Waals surface area contributed by atoms with Crippen LogP contribution in [0.15, 0.2) is 0 Å². The van der Waals surface area contributed by atoms with Gasteiger partial charge in [0.2, 0.25) is 0 Å². The highest BCUT2D eigenvalue weighted by atomic mass is 19.4. The number of likely N-dealkylation sites (tertiary alicyclic amines) is 1. The second kappa shape index (κ2) is 7.16. The fourth-order valence-electron chi connectivity index (χ4n) is 3.55. The summed E-state index contributed by atoms with van der Waals surface area (Å²) in [5.74, 6) is -5.19. The van der Waals surface area contributed by atoms with Gasteiger partial charge in [0.05, 0.1) is 17.4 Å². The summed E-state index contributed by atoms with van der Waals surface area (Å²) in [6.07, 6.45) is -0.0251. The van der Waals surface area contributed by atoms with Crippen molar-refractivity contribution in [2.75, 3.05) is 26.7 Å². The van der Waals surface area contributed by atoms with Gasteiger partial charge in [0.15, 0.2) is 0 Å². The lowest BCUT2D eigenvalue weighted by molar-refractivity contribution is -0.187. The van der Waals surface area contributed by atoms with E-state index in [1.807, 2.05) is 0 Å². The molecule has 24 heavy (non-hydrogen) atoms. The lowest BCUT2D eigenvalue weighted by Crippen LogP contribution is -2.49. The molecule has 0 unspecified atom stereocenters. The maximum Gasteiger partial charge on any atom is 0.394 e. The second-order valence-electron chi connectivity index (χ2n) is 6.60. The van der Waals surface area contributed by atoms with E-state index >= 15 is 0 Å². The topological polar surface area (TPSA) is 78.9 Å². The number of methoxy groups -OCH3 is 1. The smallest absolute Gasteiger partial charge is 0.394 e. The number of ether oxygens (including phenoxy) is 1. The van der Waals surface area contributed by atoms with Gasteiger partial charge >= 0.3 is 18.2 Å². The van der Waals surface area contributed by atoms with Crippen LogP contribution in [0.4, 0.5) is 18.0 Å². The molecule has 2 N–H and O–H groups in total. The number of nitrogens with one attached hydrogen (secondary N) is 1. The zero-order chi connectivity index (χ0) is 18.0. The number of hydrogen-bond acceptors (Lipinski definition) is 3. The lowest BCUT2D eigenvalue weighted by atomic mass is 9.84. The molecule has 1 saturated carbocycles. The number of carboxylic acid groups (broad SMARTS) is 1. The van der Waals surface area contributed by atoms with Gasteiger partial charge in [0.25, 0.3) is 0 Å². The molecule has 0 radical (unpaired) electrons.